The quantitative estimate of drug-likeness (QED) is 0.905. The number of rotatable bonds is 4. The number of nitrogens with two attached hydrogens (primary N) is 1. The Morgan fingerprint density at radius 2 is 2.50 bits per heavy atom. The molecule has 0 aromatic carbocycles. The summed E-state index contributed by atoms with van der Waals surface area (Å²) in [6.07, 6.45) is 0. The lowest BCUT2D eigenvalue weighted by molar-refractivity contribution is 0.848. The number of thioether (sulfide) groups is 1. The SMILES string of the molecule is CCSCC(N)c1sccc1Br. The monoisotopic (exact) mass is 265 g/mol. The van der Waals surface area contributed by atoms with Gasteiger partial charge in [-0.15, -0.1) is 11.3 Å². The van der Waals surface area contributed by atoms with Crippen LogP contribution in [0.3, 0.4) is 0 Å². The normalized spacial score (nSPS) is 13.2. The van der Waals surface area contributed by atoms with Crippen LogP contribution in [0.15, 0.2) is 15.9 Å². The summed E-state index contributed by atoms with van der Waals surface area (Å²) in [6, 6.07) is 2.24. The fourth-order valence-corrected chi connectivity index (χ4v) is 3.32. The van der Waals surface area contributed by atoms with Gasteiger partial charge in [-0.25, -0.2) is 0 Å². The highest BCUT2D eigenvalue weighted by molar-refractivity contribution is 9.10. The van der Waals surface area contributed by atoms with E-state index in [9.17, 15) is 0 Å². The van der Waals surface area contributed by atoms with Crippen molar-refractivity contribution in [3.63, 3.8) is 0 Å². The van der Waals surface area contributed by atoms with Gasteiger partial charge >= 0.3 is 0 Å². The first-order valence-electron chi connectivity index (χ1n) is 3.82. The van der Waals surface area contributed by atoms with Crippen LogP contribution < -0.4 is 5.73 Å². The summed E-state index contributed by atoms with van der Waals surface area (Å²) in [7, 11) is 0. The molecule has 1 rings (SSSR count). The van der Waals surface area contributed by atoms with Crippen molar-refractivity contribution in [2.75, 3.05) is 11.5 Å². The molecule has 0 aliphatic carbocycles. The van der Waals surface area contributed by atoms with Gasteiger partial charge in [0.2, 0.25) is 0 Å². The van der Waals surface area contributed by atoms with Crippen molar-refractivity contribution in [1.82, 2.24) is 0 Å². The van der Waals surface area contributed by atoms with Crippen LogP contribution in [0.4, 0.5) is 0 Å². The van der Waals surface area contributed by atoms with Gasteiger partial charge in [-0.05, 0) is 33.1 Å². The van der Waals surface area contributed by atoms with Crippen LogP contribution >= 0.6 is 39.0 Å². The van der Waals surface area contributed by atoms with E-state index in [1.807, 2.05) is 11.8 Å². The highest BCUT2D eigenvalue weighted by Crippen LogP contribution is 2.29. The van der Waals surface area contributed by atoms with Gasteiger partial charge in [0.15, 0.2) is 0 Å². The summed E-state index contributed by atoms with van der Waals surface area (Å²) in [5, 5.41) is 2.07. The first-order chi connectivity index (χ1) is 5.75. The zero-order valence-corrected chi connectivity index (χ0v) is 10.1. The predicted molar refractivity (Wildman–Crippen MR) is 61.9 cm³/mol. The van der Waals surface area contributed by atoms with E-state index in [1.165, 1.54) is 4.88 Å². The summed E-state index contributed by atoms with van der Waals surface area (Å²) >= 11 is 7.09. The maximum absolute atomic E-state index is 5.99. The van der Waals surface area contributed by atoms with Crippen molar-refractivity contribution in [2.45, 2.75) is 13.0 Å². The molecular weight excluding hydrogens is 254 g/mol. The molecule has 1 aromatic heterocycles. The number of halogens is 1. The maximum atomic E-state index is 5.99. The molecule has 0 saturated heterocycles. The van der Waals surface area contributed by atoms with Crippen molar-refractivity contribution in [3.05, 3.63) is 20.8 Å². The largest absolute Gasteiger partial charge is 0.323 e. The molecule has 2 N–H and O–H groups in total. The van der Waals surface area contributed by atoms with E-state index in [2.05, 4.69) is 34.3 Å². The van der Waals surface area contributed by atoms with Gasteiger partial charge in [-0.3, -0.25) is 0 Å². The summed E-state index contributed by atoms with van der Waals surface area (Å²) < 4.78 is 1.15. The molecule has 1 unspecified atom stereocenters. The topological polar surface area (TPSA) is 26.0 Å². The zero-order chi connectivity index (χ0) is 8.97. The standard InChI is InChI=1S/C8H12BrNS2/c1-2-11-5-7(10)8-6(9)3-4-12-8/h3-4,7H,2,5,10H2,1H3. The molecule has 1 nitrogen and oxygen atoms in total. The molecule has 0 fully saturated rings. The summed E-state index contributed by atoms with van der Waals surface area (Å²) in [5.74, 6) is 2.15. The van der Waals surface area contributed by atoms with Gasteiger partial charge in [0.25, 0.3) is 0 Å². The zero-order valence-electron chi connectivity index (χ0n) is 6.92. The second-order valence-electron chi connectivity index (χ2n) is 2.40. The number of hydrogen-bond acceptors (Lipinski definition) is 3. The Morgan fingerprint density at radius 3 is 3.00 bits per heavy atom. The molecule has 0 spiro atoms. The highest BCUT2D eigenvalue weighted by atomic mass is 79.9. The minimum atomic E-state index is 0.185. The van der Waals surface area contributed by atoms with Crippen LogP contribution in [0.2, 0.25) is 0 Å². The van der Waals surface area contributed by atoms with Gasteiger partial charge in [-0.1, -0.05) is 6.92 Å². The Balaban J connectivity index is 2.52. The molecular formula is C8H12BrNS2. The number of hydrogen-bond donors (Lipinski definition) is 1. The molecule has 1 atom stereocenters. The molecule has 0 aliphatic rings. The minimum Gasteiger partial charge on any atom is -0.323 e. The van der Waals surface area contributed by atoms with Crippen LogP contribution in [0.5, 0.6) is 0 Å². The Bertz CT molecular complexity index is 237. The molecule has 0 bridgehead atoms. The smallest absolute Gasteiger partial charge is 0.0493 e. The van der Waals surface area contributed by atoms with Gasteiger partial charge in [0.1, 0.15) is 0 Å². The van der Waals surface area contributed by atoms with Crippen molar-refractivity contribution in [3.8, 4) is 0 Å². The van der Waals surface area contributed by atoms with Crippen LogP contribution in [0, 0.1) is 0 Å². The minimum absolute atomic E-state index is 0.185. The van der Waals surface area contributed by atoms with Gasteiger partial charge < -0.3 is 5.73 Å². The molecule has 0 amide bonds. The van der Waals surface area contributed by atoms with Gasteiger partial charge in [0.05, 0.1) is 0 Å². The van der Waals surface area contributed by atoms with E-state index in [1.54, 1.807) is 11.3 Å². The van der Waals surface area contributed by atoms with Crippen LogP contribution in [-0.4, -0.2) is 11.5 Å². The van der Waals surface area contributed by atoms with Crippen LogP contribution in [0.25, 0.3) is 0 Å². The van der Waals surface area contributed by atoms with Crippen LogP contribution in [-0.2, 0) is 0 Å². The molecule has 0 radical (unpaired) electrons. The lowest BCUT2D eigenvalue weighted by Crippen LogP contribution is -2.11. The molecule has 68 valence electrons. The maximum Gasteiger partial charge on any atom is 0.0493 e. The van der Waals surface area contributed by atoms with E-state index in [4.69, 9.17) is 5.73 Å². The Kier molecular flexibility index (Phi) is 4.64. The van der Waals surface area contributed by atoms with E-state index >= 15 is 0 Å². The van der Waals surface area contributed by atoms with E-state index in [0.29, 0.717) is 0 Å². The number of thiophene rings is 1. The van der Waals surface area contributed by atoms with Gasteiger partial charge in [-0.2, -0.15) is 11.8 Å². The first-order valence-corrected chi connectivity index (χ1v) is 6.64. The molecule has 0 saturated carbocycles. The van der Waals surface area contributed by atoms with Crippen molar-refractivity contribution in [2.24, 2.45) is 5.73 Å². The van der Waals surface area contributed by atoms with Gasteiger partial charge in [0, 0.05) is 21.1 Å². The fourth-order valence-electron chi connectivity index (χ4n) is 0.891. The first kappa shape index (κ1) is 10.6. The van der Waals surface area contributed by atoms with E-state index in [-0.39, 0.29) is 6.04 Å². The third-order valence-corrected chi connectivity index (χ3v) is 4.49. The molecule has 12 heavy (non-hydrogen) atoms. The molecule has 1 heterocycles. The molecule has 4 heteroatoms. The van der Waals surface area contributed by atoms with Crippen molar-refractivity contribution >= 4 is 39.0 Å². The Labute approximate surface area is 89.9 Å². The lowest BCUT2D eigenvalue weighted by atomic mass is 10.3. The average molecular weight is 266 g/mol. The second kappa shape index (κ2) is 5.27. The van der Waals surface area contributed by atoms with Crippen LogP contribution in [0.1, 0.15) is 17.8 Å². The highest BCUT2D eigenvalue weighted by Gasteiger charge is 2.10. The lowest BCUT2D eigenvalue weighted by Gasteiger charge is -2.08. The van der Waals surface area contributed by atoms with E-state index in [0.717, 1.165) is 16.0 Å². The third kappa shape index (κ3) is 2.76. The Hall–Kier alpha value is 0.490. The second-order valence-corrected chi connectivity index (χ2v) is 5.52. The molecule has 1 aromatic rings. The average Bonchev–Trinajstić information content (AvgIpc) is 2.47. The Morgan fingerprint density at radius 1 is 1.75 bits per heavy atom. The summed E-state index contributed by atoms with van der Waals surface area (Å²) in [6.45, 7) is 2.15. The summed E-state index contributed by atoms with van der Waals surface area (Å²) in [5.41, 5.74) is 5.99. The van der Waals surface area contributed by atoms with Crippen molar-refractivity contribution in [1.29, 1.82) is 0 Å². The van der Waals surface area contributed by atoms with E-state index < -0.39 is 0 Å². The fraction of sp³-hybridized carbons (Fsp3) is 0.500. The third-order valence-electron chi connectivity index (χ3n) is 1.48. The molecule has 0 aliphatic heterocycles. The summed E-state index contributed by atoms with van der Waals surface area (Å²) in [4.78, 5) is 1.26. The van der Waals surface area contributed by atoms with Crippen molar-refractivity contribution < 1.29 is 0 Å². The predicted octanol–water partition coefficient (Wildman–Crippen LogP) is 3.26.